The SMILES string of the molecule is Cc1nc(N)c(C(=O)S)c(-c2ccc(F)cc2)n1. The van der Waals surface area contributed by atoms with Gasteiger partial charge in [0.1, 0.15) is 17.5 Å². The molecule has 0 aliphatic rings. The Labute approximate surface area is 108 Å². The average Bonchev–Trinajstić information content (AvgIpc) is 2.28. The van der Waals surface area contributed by atoms with Crippen molar-refractivity contribution in [1.82, 2.24) is 9.97 Å². The highest BCUT2D eigenvalue weighted by Gasteiger charge is 2.17. The van der Waals surface area contributed by atoms with E-state index in [2.05, 4.69) is 22.6 Å². The molecule has 0 radical (unpaired) electrons. The first-order valence-electron chi connectivity index (χ1n) is 5.12. The lowest BCUT2D eigenvalue weighted by atomic mass is 10.1. The number of nitrogen functional groups attached to an aromatic ring is 1. The highest BCUT2D eigenvalue weighted by molar-refractivity contribution is 7.97. The molecule has 0 saturated heterocycles. The number of nitrogens with two attached hydrogens (primary N) is 1. The van der Waals surface area contributed by atoms with Gasteiger partial charge >= 0.3 is 0 Å². The molecule has 0 amide bonds. The summed E-state index contributed by atoms with van der Waals surface area (Å²) in [6, 6.07) is 5.62. The summed E-state index contributed by atoms with van der Waals surface area (Å²) >= 11 is 3.76. The zero-order chi connectivity index (χ0) is 13.3. The molecule has 0 spiro atoms. The predicted octanol–water partition coefficient (Wildman–Crippen LogP) is 2.24. The summed E-state index contributed by atoms with van der Waals surface area (Å²) in [4.78, 5) is 19.6. The zero-order valence-corrected chi connectivity index (χ0v) is 10.4. The molecule has 0 unspecified atom stereocenters. The summed E-state index contributed by atoms with van der Waals surface area (Å²) in [6.07, 6.45) is 0. The van der Waals surface area contributed by atoms with Gasteiger partial charge in [0.15, 0.2) is 0 Å². The van der Waals surface area contributed by atoms with E-state index in [4.69, 9.17) is 5.73 Å². The van der Waals surface area contributed by atoms with E-state index in [1.807, 2.05) is 0 Å². The van der Waals surface area contributed by atoms with Gasteiger partial charge in [-0.3, -0.25) is 4.79 Å². The normalized spacial score (nSPS) is 10.4. The minimum atomic E-state index is -0.521. The van der Waals surface area contributed by atoms with Crippen LogP contribution >= 0.6 is 12.6 Å². The largest absolute Gasteiger partial charge is 0.383 e. The van der Waals surface area contributed by atoms with E-state index in [0.29, 0.717) is 17.1 Å². The lowest BCUT2D eigenvalue weighted by molar-refractivity contribution is 0.109. The van der Waals surface area contributed by atoms with Gasteiger partial charge in [0.05, 0.1) is 11.3 Å². The Morgan fingerprint density at radius 2 is 1.89 bits per heavy atom. The number of hydrogen-bond acceptors (Lipinski definition) is 4. The van der Waals surface area contributed by atoms with Crippen LogP contribution in [0.5, 0.6) is 0 Å². The minimum Gasteiger partial charge on any atom is -0.383 e. The molecule has 2 rings (SSSR count). The minimum absolute atomic E-state index is 0.0711. The van der Waals surface area contributed by atoms with Crippen LogP contribution in [0, 0.1) is 12.7 Å². The van der Waals surface area contributed by atoms with Gasteiger partial charge in [0.25, 0.3) is 0 Å². The molecular formula is C12H10FN3OS. The van der Waals surface area contributed by atoms with Crippen molar-refractivity contribution in [3.05, 3.63) is 41.5 Å². The average molecular weight is 263 g/mol. The molecule has 0 aliphatic carbocycles. The predicted molar refractivity (Wildman–Crippen MR) is 69.9 cm³/mol. The first kappa shape index (κ1) is 12.5. The van der Waals surface area contributed by atoms with Gasteiger partial charge in [-0.25, -0.2) is 14.4 Å². The van der Waals surface area contributed by atoms with Crippen molar-refractivity contribution < 1.29 is 9.18 Å². The van der Waals surface area contributed by atoms with Crippen LogP contribution in [-0.4, -0.2) is 15.1 Å². The van der Waals surface area contributed by atoms with Gasteiger partial charge in [0, 0.05) is 5.56 Å². The van der Waals surface area contributed by atoms with Crippen molar-refractivity contribution in [2.45, 2.75) is 6.92 Å². The molecular weight excluding hydrogens is 253 g/mol. The summed E-state index contributed by atoms with van der Waals surface area (Å²) in [7, 11) is 0. The highest BCUT2D eigenvalue weighted by atomic mass is 32.1. The summed E-state index contributed by atoms with van der Waals surface area (Å²) in [6.45, 7) is 1.66. The Balaban J connectivity index is 2.69. The third kappa shape index (κ3) is 2.33. The Morgan fingerprint density at radius 3 is 2.44 bits per heavy atom. The number of benzene rings is 1. The van der Waals surface area contributed by atoms with Gasteiger partial charge in [0.2, 0.25) is 5.12 Å². The van der Waals surface area contributed by atoms with Gasteiger partial charge in [-0.15, -0.1) is 12.6 Å². The molecule has 0 aliphatic heterocycles. The van der Waals surface area contributed by atoms with Crippen molar-refractivity contribution in [3.8, 4) is 11.3 Å². The number of thiol groups is 1. The number of carbonyl (C=O) groups excluding carboxylic acids is 1. The zero-order valence-electron chi connectivity index (χ0n) is 9.51. The molecule has 92 valence electrons. The fraction of sp³-hybridized carbons (Fsp3) is 0.0833. The number of halogens is 1. The maximum atomic E-state index is 12.9. The summed E-state index contributed by atoms with van der Waals surface area (Å²) in [5.74, 6) is 0.142. The van der Waals surface area contributed by atoms with Crippen LogP contribution in [0.1, 0.15) is 16.2 Å². The number of rotatable bonds is 2. The quantitative estimate of drug-likeness (QED) is 0.815. The fourth-order valence-corrected chi connectivity index (χ4v) is 1.84. The molecule has 18 heavy (non-hydrogen) atoms. The number of nitrogens with zero attached hydrogens (tertiary/aromatic N) is 2. The molecule has 6 heteroatoms. The summed E-state index contributed by atoms with van der Waals surface area (Å²) in [5, 5.41) is -0.521. The molecule has 1 heterocycles. The van der Waals surface area contributed by atoms with Crippen LogP contribution in [0.2, 0.25) is 0 Å². The number of aromatic nitrogens is 2. The molecule has 1 aromatic carbocycles. The van der Waals surface area contributed by atoms with E-state index < -0.39 is 5.12 Å². The number of aryl methyl sites for hydroxylation is 1. The van der Waals surface area contributed by atoms with Crippen LogP contribution in [0.15, 0.2) is 24.3 Å². The van der Waals surface area contributed by atoms with Crippen molar-refractivity contribution in [3.63, 3.8) is 0 Å². The van der Waals surface area contributed by atoms with Crippen LogP contribution in [0.4, 0.5) is 10.2 Å². The van der Waals surface area contributed by atoms with Gasteiger partial charge < -0.3 is 5.73 Å². The molecule has 0 bridgehead atoms. The third-order valence-corrected chi connectivity index (χ3v) is 2.60. The van der Waals surface area contributed by atoms with E-state index in [0.717, 1.165) is 0 Å². The Kier molecular flexibility index (Phi) is 3.29. The molecule has 2 N–H and O–H groups in total. The molecule has 2 aromatic rings. The van der Waals surface area contributed by atoms with Gasteiger partial charge in [-0.05, 0) is 31.2 Å². The number of anilines is 1. The topological polar surface area (TPSA) is 68.9 Å². The van der Waals surface area contributed by atoms with Crippen molar-refractivity contribution >= 4 is 23.6 Å². The first-order chi connectivity index (χ1) is 8.49. The molecule has 0 fully saturated rings. The fourth-order valence-electron chi connectivity index (χ4n) is 1.62. The number of carbonyl (C=O) groups is 1. The summed E-state index contributed by atoms with van der Waals surface area (Å²) < 4.78 is 12.9. The lowest BCUT2D eigenvalue weighted by Gasteiger charge is -2.09. The second-order valence-corrected chi connectivity index (χ2v) is 4.10. The van der Waals surface area contributed by atoms with Crippen molar-refractivity contribution in [1.29, 1.82) is 0 Å². The molecule has 1 aromatic heterocycles. The third-order valence-electron chi connectivity index (χ3n) is 2.38. The van der Waals surface area contributed by atoms with Gasteiger partial charge in [-0.1, -0.05) is 0 Å². The van der Waals surface area contributed by atoms with Crippen LogP contribution in [-0.2, 0) is 0 Å². The number of hydrogen-bond donors (Lipinski definition) is 2. The van der Waals surface area contributed by atoms with Crippen molar-refractivity contribution in [2.24, 2.45) is 0 Å². The molecule has 0 atom stereocenters. The maximum Gasteiger partial charge on any atom is 0.222 e. The van der Waals surface area contributed by atoms with Gasteiger partial charge in [-0.2, -0.15) is 0 Å². The van der Waals surface area contributed by atoms with E-state index in [-0.39, 0.29) is 17.2 Å². The van der Waals surface area contributed by atoms with E-state index >= 15 is 0 Å². The van der Waals surface area contributed by atoms with E-state index in [1.165, 1.54) is 24.3 Å². The second kappa shape index (κ2) is 4.73. The Hall–Kier alpha value is -1.95. The lowest BCUT2D eigenvalue weighted by Crippen LogP contribution is -2.07. The Bertz CT molecular complexity index is 613. The molecule has 4 nitrogen and oxygen atoms in total. The van der Waals surface area contributed by atoms with Crippen LogP contribution in [0.3, 0.4) is 0 Å². The standard InChI is InChI=1S/C12H10FN3OS/c1-6-15-10(7-2-4-8(13)5-3-7)9(12(17)18)11(14)16-6/h2-5H,1H3,(H,17,18)(H2,14,15,16). The van der Waals surface area contributed by atoms with E-state index in [9.17, 15) is 9.18 Å². The highest BCUT2D eigenvalue weighted by Crippen LogP contribution is 2.26. The first-order valence-corrected chi connectivity index (χ1v) is 5.57. The van der Waals surface area contributed by atoms with Crippen molar-refractivity contribution in [2.75, 3.05) is 5.73 Å². The second-order valence-electron chi connectivity index (χ2n) is 3.69. The summed E-state index contributed by atoms with van der Waals surface area (Å²) in [5.41, 5.74) is 6.78. The smallest absolute Gasteiger partial charge is 0.222 e. The monoisotopic (exact) mass is 263 g/mol. The Morgan fingerprint density at radius 1 is 1.28 bits per heavy atom. The van der Waals surface area contributed by atoms with Crippen LogP contribution < -0.4 is 5.73 Å². The molecule has 0 saturated carbocycles. The van der Waals surface area contributed by atoms with Crippen LogP contribution in [0.25, 0.3) is 11.3 Å². The van der Waals surface area contributed by atoms with E-state index in [1.54, 1.807) is 6.92 Å². The maximum absolute atomic E-state index is 12.9.